The quantitative estimate of drug-likeness (QED) is 0.0103. The molecular weight excluding hydrogens is 1600 g/mol. The molecule has 2 amide bonds. The average molecular weight is 1730 g/mol. The lowest BCUT2D eigenvalue weighted by molar-refractivity contribution is -0.141. The number of aromatic hydroxyl groups is 2. The fraction of sp³-hybridized carbons (Fsp3) is 0.340. The van der Waals surface area contributed by atoms with Gasteiger partial charge in [0.25, 0.3) is 0 Å². The van der Waals surface area contributed by atoms with Crippen LogP contribution in [0.3, 0.4) is 0 Å². The van der Waals surface area contributed by atoms with E-state index in [0.29, 0.717) is 66.2 Å². The Bertz CT molecular complexity index is 5020. The first-order valence-electron chi connectivity index (χ1n) is 44.1. The molecule has 0 spiro atoms. The summed E-state index contributed by atoms with van der Waals surface area (Å²) in [5, 5.41) is 35.5. The SMILES string of the molecule is CC/C=C\C/C=C\C/C=C\C/C=C\C/C=C\C/C=C\CCC(=O)N[C@@H](C)C(=O)O.CC/C=C\C/C=C\C/C=C\C/C=C\C/C=C\C/C=C\CCC(=O)N[C@@H](C)C(=O)Oc1ccc(-c2sc3cc(O)ccc3c2C(=O)c2ccc(OCCN3CCOCC3)cc2)cc1.Cc1ccc2c(C(=O)c3ccc(OCCN4CCCCC4)cc3)c(-c3ccc(O)cc3)sc2c1. The number of hydrogen-bond acceptors (Lipinski definition) is 16. The largest absolute Gasteiger partial charge is 0.508 e. The first-order chi connectivity index (χ1) is 61.0. The van der Waals surface area contributed by atoms with E-state index in [1.807, 2.05) is 85.0 Å². The molecule has 2 atom stereocenters. The highest BCUT2D eigenvalue weighted by atomic mass is 32.1. The van der Waals surface area contributed by atoms with Crippen molar-refractivity contribution in [3.05, 3.63) is 307 Å². The lowest BCUT2D eigenvalue weighted by Gasteiger charge is -2.26. The van der Waals surface area contributed by atoms with Gasteiger partial charge in [0.05, 0.1) is 13.2 Å². The molecule has 2 fully saturated rings. The number of carboxylic acid groups (broad SMARTS) is 1. The molecule has 2 saturated heterocycles. The van der Waals surface area contributed by atoms with E-state index in [1.165, 1.54) is 37.5 Å². The van der Waals surface area contributed by atoms with Crippen molar-refractivity contribution < 1.29 is 63.0 Å². The number of phenolic OH excluding ortho intramolecular Hbond substituents is 2. The van der Waals surface area contributed by atoms with Crippen LogP contribution in [-0.4, -0.2) is 138 Å². The zero-order valence-corrected chi connectivity index (χ0v) is 75.0. The van der Waals surface area contributed by atoms with E-state index in [0.717, 1.165) is 182 Å². The number of carboxylic acids is 1. The molecule has 0 bridgehead atoms. The van der Waals surface area contributed by atoms with Crippen LogP contribution < -0.4 is 24.8 Å². The monoisotopic (exact) mass is 1730 g/mol. The van der Waals surface area contributed by atoms with Crippen LogP contribution in [0, 0.1) is 6.92 Å². The number of carbonyl (C=O) groups is 6. The summed E-state index contributed by atoms with van der Waals surface area (Å²) in [6.45, 7) is 17.9. The van der Waals surface area contributed by atoms with Crippen molar-refractivity contribution in [2.45, 2.75) is 169 Å². The van der Waals surface area contributed by atoms with Crippen LogP contribution in [0.4, 0.5) is 0 Å². The fourth-order valence-electron chi connectivity index (χ4n) is 13.4. The van der Waals surface area contributed by atoms with Gasteiger partial charge < -0.3 is 44.9 Å². The van der Waals surface area contributed by atoms with Gasteiger partial charge in [0.2, 0.25) is 11.8 Å². The van der Waals surface area contributed by atoms with Crippen molar-refractivity contribution in [3.63, 3.8) is 0 Å². The highest BCUT2D eigenvalue weighted by Gasteiger charge is 2.26. The number of benzene rings is 6. The number of aryl methyl sites for hydroxylation is 1. The second-order valence-corrected chi connectivity index (χ2v) is 32.5. The first kappa shape index (κ1) is 98.9. The minimum atomic E-state index is -1.02. The number of aliphatic carboxylic acids is 1. The Hall–Kier alpha value is -11.6. The van der Waals surface area contributed by atoms with Crippen molar-refractivity contribution in [2.75, 3.05) is 65.7 Å². The van der Waals surface area contributed by atoms with E-state index >= 15 is 0 Å². The number of rotatable bonds is 47. The third-order valence-electron chi connectivity index (χ3n) is 20.3. The van der Waals surface area contributed by atoms with E-state index in [-0.39, 0.29) is 41.3 Å². The number of allylic oxidation sites excluding steroid dienone is 24. The lowest BCUT2D eigenvalue weighted by atomic mass is 9.97. The number of nitrogens with zero attached hydrogens (tertiary/aromatic N) is 2. The molecule has 0 saturated carbocycles. The van der Waals surface area contributed by atoms with Gasteiger partial charge in [-0.25, -0.2) is 4.79 Å². The van der Waals surface area contributed by atoms with Crippen molar-refractivity contribution in [2.24, 2.45) is 0 Å². The summed E-state index contributed by atoms with van der Waals surface area (Å²) in [6.07, 6.45) is 68.5. The highest BCUT2D eigenvalue weighted by Crippen LogP contribution is 2.43. The number of carbonyl (C=O) groups excluding carboxylic acids is 5. The maximum Gasteiger partial charge on any atom is 0.333 e. The Balaban J connectivity index is 0.000000258. The molecule has 17 nitrogen and oxygen atoms in total. The number of likely N-dealkylation sites (tertiary alicyclic amines) is 1. The Morgan fingerprint density at radius 1 is 0.424 bits per heavy atom. The van der Waals surface area contributed by atoms with Crippen LogP contribution >= 0.6 is 22.7 Å². The third-order valence-corrected chi connectivity index (χ3v) is 22.7. The summed E-state index contributed by atoms with van der Waals surface area (Å²) in [4.78, 5) is 81.8. The van der Waals surface area contributed by atoms with Gasteiger partial charge in [0, 0.05) is 91.2 Å². The normalized spacial score (nSPS) is 14.2. The Morgan fingerprint density at radius 2 is 0.784 bits per heavy atom. The van der Waals surface area contributed by atoms with Crippen molar-refractivity contribution >= 4 is 78.2 Å². The molecule has 125 heavy (non-hydrogen) atoms. The number of amides is 2. The summed E-state index contributed by atoms with van der Waals surface area (Å²) < 4.78 is 24.8. The molecule has 0 aliphatic carbocycles. The summed E-state index contributed by atoms with van der Waals surface area (Å²) in [7, 11) is 0. The molecule has 0 radical (unpaired) electrons. The summed E-state index contributed by atoms with van der Waals surface area (Å²) in [5.41, 5.74) is 5.24. The van der Waals surface area contributed by atoms with Gasteiger partial charge in [-0.3, -0.25) is 33.8 Å². The van der Waals surface area contributed by atoms with E-state index in [1.54, 1.807) is 85.0 Å². The zero-order valence-electron chi connectivity index (χ0n) is 73.4. The van der Waals surface area contributed by atoms with E-state index < -0.39 is 24.0 Å². The molecule has 2 aliphatic rings. The average Bonchev–Trinajstić information content (AvgIpc) is 1.62. The topological polar surface area (TPSA) is 231 Å². The number of thiophene rings is 2. The van der Waals surface area contributed by atoms with Crippen LogP contribution in [-0.2, 0) is 23.9 Å². The van der Waals surface area contributed by atoms with E-state index in [2.05, 4.69) is 169 Å². The van der Waals surface area contributed by atoms with E-state index in [4.69, 9.17) is 24.1 Å². The number of fused-ring (bicyclic) bond motifs is 2. The van der Waals surface area contributed by atoms with Gasteiger partial charge in [-0.05, 0) is 275 Å². The third kappa shape index (κ3) is 37.0. The fourth-order valence-corrected chi connectivity index (χ4v) is 15.9. The number of nitrogens with one attached hydrogen (secondary N) is 2. The number of hydrogen-bond donors (Lipinski definition) is 5. The van der Waals surface area contributed by atoms with Gasteiger partial charge in [-0.15, -0.1) is 22.7 Å². The number of morpholine rings is 1. The molecule has 0 unspecified atom stereocenters. The first-order valence-corrected chi connectivity index (χ1v) is 45.7. The molecule has 8 aromatic rings. The van der Waals surface area contributed by atoms with Crippen LogP contribution in [0.2, 0.25) is 0 Å². The summed E-state index contributed by atoms with van der Waals surface area (Å²) in [6, 6.07) is 38.2. The molecule has 10 rings (SSSR count). The number of ether oxygens (including phenoxy) is 4. The minimum Gasteiger partial charge on any atom is -0.508 e. The smallest absolute Gasteiger partial charge is 0.333 e. The molecule has 6 aromatic carbocycles. The number of ketones is 2. The van der Waals surface area contributed by atoms with Crippen molar-refractivity contribution in [3.8, 4) is 49.6 Å². The molecule has 2 aliphatic heterocycles. The second-order valence-electron chi connectivity index (χ2n) is 30.4. The van der Waals surface area contributed by atoms with E-state index in [9.17, 15) is 39.0 Å². The Morgan fingerprint density at radius 3 is 1.20 bits per heavy atom. The number of esters is 1. The maximum atomic E-state index is 14.1. The van der Waals surface area contributed by atoms with Crippen molar-refractivity contribution in [1.29, 1.82) is 0 Å². The van der Waals surface area contributed by atoms with Gasteiger partial charge >= 0.3 is 11.9 Å². The van der Waals surface area contributed by atoms with Crippen LogP contribution in [0.5, 0.6) is 28.7 Å². The molecule has 19 heteroatoms. The van der Waals surface area contributed by atoms with Crippen LogP contribution in [0.25, 0.3) is 41.1 Å². The molecule has 2 aromatic heterocycles. The molecular formula is C106H126N4O13S2. The van der Waals surface area contributed by atoms with Gasteiger partial charge in [0.15, 0.2) is 11.6 Å². The van der Waals surface area contributed by atoms with Gasteiger partial charge in [-0.2, -0.15) is 0 Å². The van der Waals surface area contributed by atoms with Crippen molar-refractivity contribution in [1.82, 2.24) is 20.4 Å². The second kappa shape index (κ2) is 57.8. The van der Waals surface area contributed by atoms with Crippen LogP contribution in [0.15, 0.2) is 279 Å². The molecule has 660 valence electrons. The Kier molecular flexibility index (Phi) is 45.7. The van der Waals surface area contributed by atoms with Crippen LogP contribution in [0.1, 0.15) is 187 Å². The van der Waals surface area contributed by atoms with Gasteiger partial charge in [-0.1, -0.05) is 178 Å². The number of piperidine rings is 1. The highest BCUT2D eigenvalue weighted by molar-refractivity contribution is 7.23. The Labute approximate surface area is 748 Å². The minimum absolute atomic E-state index is 0.00181. The number of phenols is 2. The predicted molar refractivity (Wildman–Crippen MR) is 514 cm³/mol. The zero-order chi connectivity index (χ0) is 88.9. The summed E-state index contributed by atoms with van der Waals surface area (Å²) in [5.74, 6) is -0.112. The lowest BCUT2D eigenvalue weighted by Crippen LogP contribution is -2.40. The summed E-state index contributed by atoms with van der Waals surface area (Å²) >= 11 is 3.02. The predicted octanol–water partition coefficient (Wildman–Crippen LogP) is 23.8. The maximum absolute atomic E-state index is 14.1. The molecule has 4 heterocycles. The van der Waals surface area contributed by atoms with Gasteiger partial charge in [0.1, 0.15) is 54.0 Å². The standard InChI is InChI=1S/C52H60N2O7S.C29H29NO3S.C25H37NO3/c1-3-4-5-6-7-8-9-10-11-12-13-14-15-16-17-18-19-20-21-22-48(56)53-40(2)52(58)61-45-30-25-42(26-31-45)51-49(46-32-27-43(55)39-47(46)62-51)50(57)41-23-28-44(29-24-41)60-38-35-54-33-36-59-37-34-54;1-20-5-14-25-26(19-20)34-29(22-6-10-23(31)11-7-22)27(25)28(32)21-8-12-24(13-9-21)33-18-17-30-15-3-2-4-16-30;1-3-4-5-6-7-8-9-10-11-12-13-14-15-16-17-18-19-20-21-22-24(27)26-23(2)25(28)29/h4-5,7-8,10-11,13-14,16-17,19-20,23-32,39-40,55H,3,6,9,12,15,18,21-22,33-38H2,1-2H3,(H,53,56);5-14,19,31H,2-4,15-18H2,1H3;4-5,7-8,10-11,13-14,16-17,19-20,23H,3,6,9,12,15,18,21-22H2,1-2H3,(H,26,27)(H,28,29)/b5-4-,8-7-,11-10-,14-13-,17-16-,20-19-;;5-4-,8-7-,11-10-,14-13-,17-16-,20-19-/t40-;;23-/m0.0/s1. The molecule has 5 N–H and O–H groups in total.